The van der Waals surface area contributed by atoms with Crippen LogP contribution in [0.1, 0.15) is 46.1 Å². The molecule has 1 fully saturated rings. The molecule has 1 saturated carbocycles. The van der Waals surface area contributed by atoms with Crippen molar-refractivity contribution < 1.29 is 14.3 Å². The van der Waals surface area contributed by atoms with Gasteiger partial charge in [-0.2, -0.15) is 0 Å². The van der Waals surface area contributed by atoms with E-state index in [0.29, 0.717) is 12.3 Å². The molecule has 0 bridgehead atoms. The van der Waals surface area contributed by atoms with Gasteiger partial charge in [0.2, 0.25) is 0 Å². The molecule has 1 N–H and O–H groups in total. The van der Waals surface area contributed by atoms with E-state index in [9.17, 15) is 9.18 Å². The summed E-state index contributed by atoms with van der Waals surface area (Å²) in [5, 5.41) is 9.07. The molecule has 0 radical (unpaired) electrons. The number of benzene rings is 1. The summed E-state index contributed by atoms with van der Waals surface area (Å²) in [7, 11) is 0. The van der Waals surface area contributed by atoms with Gasteiger partial charge in [-0.15, -0.1) is 0 Å². The largest absolute Gasteiger partial charge is 0.477 e. The highest BCUT2D eigenvalue weighted by atomic mass is 19.1. The summed E-state index contributed by atoms with van der Waals surface area (Å²) in [6.07, 6.45) is 3.71. The highest BCUT2D eigenvalue weighted by Crippen LogP contribution is 2.41. The molecule has 108 valence electrons. The molecule has 2 aromatic rings. The summed E-state index contributed by atoms with van der Waals surface area (Å²) in [5.41, 5.74) is 3.15. The number of halogens is 1. The maximum Gasteiger partial charge on any atom is 0.354 e. The zero-order chi connectivity index (χ0) is 14.8. The summed E-state index contributed by atoms with van der Waals surface area (Å²) in [6, 6.07) is 9.88. The Bertz CT molecular complexity index is 663. The fourth-order valence-electron chi connectivity index (χ4n) is 2.51. The minimum Gasteiger partial charge on any atom is -0.477 e. The van der Waals surface area contributed by atoms with Gasteiger partial charge in [0.05, 0.1) is 0 Å². The fraction of sp³-hybridized carbons (Fsp3) is 0.294. The van der Waals surface area contributed by atoms with E-state index in [4.69, 9.17) is 5.11 Å². The van der Waals surface area contributed by atoms with Gasteiger partial charge >= 0.3 is 5.97 Å². The first-order valence-corrected chi connectivity index (χ1v) is 7.11. The molecule has 0 spiro atoms. The second-order valence-corrected chi connectivity index (χ2v) is 5.44. The molecule has 1 aliphatic rings. The fourth-order valence-corrected chi connectivity index (χ4v) is 2.51. The van der Waals surface area contributed by atoms with Crippen molar-refractivity contribution in [3.8, 4) is 0 Å². The number of rotatable bonds is 5. The number of aryl methyl sites for hydroxylation is 2. The van der Waals surface area contributed by atoms with E-state index in [1.807, 2.05) is 6.07 Å². The molecule has 0 atom stereocenters. The van der Waals surface area contributed by atoms with Crippen LogP contribution in [0.15, 0.2) is 36.4 Å². The van der Waals surface area contributed by atoms with Crippen molar-refractivity contribution in [2.24, 2.45) is 0 Å². The molecule has 3 rings (SSSR count). The van der Waals surface area contributed by atoms with Gasteiger partial charge in [0.25, 0.3) is 0 Å². The number of hydrogen-bond acceptors (Lipinski definition) is 2. The number of aromatic carboxylic acids is 1. The van der Waals surface area contributed by atoms with E-state index < -0.39 is 5.97 Å². The lowest BCUT2D eigenvalue weighted by Crippen LogP contribution is -2.07. The molecule has 1 aliphatic carbocycles. The first-order valence-electron chi connectivity index (χ1n) is 7.11. The van der Waals surface area contributed by atoms with Crippen LogP contribution in [0.5, 0.6) is 0 Å². The number of nitrogens with zero attached hydrogens (tertiary/aromatic N) is 1. The van der Waals surface area contributed by atoms with Crippen LogP contribution < -0.4 is 0 Å². The standard InChI is InChI=1S/C17H16FNO2/c18-13-6-1-11(2-7-13)3-9-15-14(12-4-5-12)8-10-16(19-15)17(20)21/h1-2,6-8,10,12H,3-5,9H2,(H,20,21). The number of aromatic nitrogens is 1. The van der Waals surface area contributed by atoms with Crippen molar-refractivity contribution in [1.29, 1.82) is 0 Å². The van der Waals surface area contributed by atoms with Gasteiger partial charge in [0.15, 0.2) is 0 Å². The molecule has 0 aliphatic heterocycles. The van der Waals surface area contributed by atoms with E-state index in [0.717, 1.165) is 30.5 Å². The monoisotopic (exact) mass is 285 g/mol. The highest BCUT2D eigenvalue weighted by Gasteiger charge is 2.27. The average Bonchev–Trinajstić information content (AvgIpc) is 3.31. The number of hydrogen-bond donors (Lipinski definition) is 1. The molecule has 1 aromatic heterocycles. The minimum atomic E-state index is -1.000. The SMILES string of the molecule is O=C(O)c1ccc(C2CC2)c(CCc2ccc(F)cc2)n1. The second-order valence-electron chi connectivity index (χ2n) is 5.44. The third-order valence-electron chi connectivity index (χ3n) is 3.81. The lowest BCUT2D eigenvalue weighted by molar-refractivity contribution is 0.0690. The van der Waals surface area contributed by atoms with E-state index in [-0.39, 0.29) is 11.5 Å². The summed E-state index contributed by atoms with van der Waals surface area (Å²) in [5.74, 6) is -0.715. The van der Waals surface area contributed by atoms with Gasteiger partial charge in [-0.3, -0.25) is 0 Å². The van der Waals surface area contributed by atoms with Crippen LogP contribution in [0.4, 0.5) is 4.39 Å². The highest BCUT2D eigenvalue weighted by molar-refractivity contribution is 5.85. The Balaban J connectivity index is 1.80. The first-order chi connectivity index (χ1) is 10.1. The summed E-state index contributed by atoms with van der Waals surface area (Å²) < 4.78 is 12.9. The lowest BCUT2D eigenvalue weighted by Gasteiger charge is -2.09. The molecular weight excluding hydrogens is 269 g/mol. The molecule has 0 unspecified atom stereocenters. The normalized spacial score (nSPS) is 14.1. The van der Waals surface area contributed by atoms with E-state index >= 15 is 0 Å². The molecule has 3 nitrogen and oxygen atoms in total. The van der Waals surface area contributed by atoms with Crippen LogP contribution in [-0.2, 0) is 12.8 Å². The molecule has 1 heterocycles. The van der Waals surface area contributed by atoms with Crippen LogP contribution in [0, 0.1) is 5.82 Å². The summed E-state index contributed by atoms with van der Waals surface area (Å²) in [6.45, 7) is 0. The second kappa shape index (κ2) is 5.64. The van der Waals surface area contributed by atoms with Crippen LogP contribution in [0.2, 0.25) is 0 Å². The molecule has 0 saturated heterocycles. The Kier molecular flexibility index (Phi) is 3.69. The van der Waals surface area contributed by atoms with Gasteiger partial charge in [0, 0.05) is 5.69 Å². The summed E-state index contributed by atoms with van der Waals surface area (Å²) >= 11 is 0. The Morgan fingerprint density at radius 3 is 2.48 bits per heavy atom. The third-order valence-corrected chi connectivity index (χ3v) is 3.81. The van der Waals surface area contributed by atoms with Crippen LogP contribution in [0.25, 0.3) is 0 Å². The van der Waals surface area contributed by atoms with Crippen molar-refractivity contribution in [2.45, 2.75) is 31.6 Å². The van der Waals surface area contributed by atoms with Gasteiger partial charge < -0.3 is 5.11 Å². The smallest absolute Gasteiger partial charge is 0.354 e. The van der Waals surface area contributed by atoms with Crippen molar-refractivity contribution in [3.63, 3.8) is 0 Å². The third kappa shape index (κ3) is 3.27. The van der Waals surface area contributed by atoms with Crippen molar-refractivity contribution in [1.82, 2.24) is 4.98 Å². The van der Waals surface area contributed by atoms with Crippen LogP contribution in [0.3, 0.4) is 0 Å². The zero-order valence-corrected chi connectivity index (χ0v) is 11.6. The molecule has 4 heteroatoms. The maximum absolute atomic E-state index is 12.9. The molecule has 0 amide bonds. The number of pyridine rings is 1. The number of carboxylic acids is 1. The number of carbonyl (C=O) groups is 1. The summed E-state index contributed by atoms with van der Waals surface area (Å²) in [4.78, 5) is 15.3. The van der Waals surface area contributed by atoms with Gasteiger partial charge in [-0.1, -0.05) is 18.2 Å². The minimum absolute atomic E-state index is 0.0912. The van der Waals surface area contributed by atoms with E-state index in [1.54, 1.807) is 18.2 Å². The van der Waals surface area contributed by atoms with Crippen molar-refractivity contribution in [3.05, 3.63) is 64.7 Å². The van der Waals surface area contributed by atoms with Gasteiger partial charge in [-0.05, 0) is 60.9 Å². The first kappa shape index (κ1) is 13.7. The lowest BCUT2D eigenvalue weighted by atomic mass is 10.0. The molecular formula is C17H16FNO2. The van der Waals surface area contributed by atoms with Gasteiger partial charge in [0.1, 0.15) is 11.5 Å². The van der Waals surface area contributed by atoms with E-state index in [1.165, 1.54) is 17.7 Å². The Hall–Kier alpha value is -2.23. The average molecular weight is 285 g/mol. The quantitative estimate of drug-likeness (QED) is 0.913. The Labute approximate surface area is 122 Å². The topological polar surface area (TPSA) is 50.2 Å². The maximum atomic E-state index is 12.9. The molecule has 21 heavy (non-hydrogen) atoms. The van der Waals surface area contributed by atoms with Crippen LogP contribution >= 0.6 is 0 Å². The Morgan fingerprint density at radius 2 is 1.86 bits per heavy atom. The predicted molar refractivity (Wildman–Crippen MR) is 77.0 cm³/mol. The zero-order valence-electron chi connectivity index (χ0n) is 11.6. The molecule has 1 aromatic carbocycles. The van der Waals surface area contributed by atoms with Crippen molar-refractivity contribution >= 4 is 5.97 Å². The predicted octanol–water partition coefficient (Wildman–Crippen LogP) is 3.58. The van der Waals surface area contributed by atoms with E-state index in [2.05, 4.69) is 4.98 Å². The van der Waals surface area contributed by atoms with Crippen molar-refractivity contribution in [2.75, 3.05) is 0 Å². The number of carboxylic acid groups (broad SMARTS) is 1. The van der Waals surface area contributed by atoms with Gasteiger partial charge in [-0.25, -0.2) is 14.2 Å². The Morgan fingerprint density at radius 1 is 1.14 bits per heavy atom. The van der Waals surface area contributed by atoms with Crippen LogP contribution in [-0.4, -0.2) is 16.1 Å².